The number of benzene rings is 2. The normalized spacial score (nSPS) is 18.8. The molecule has 1 heterocycles. The van der Waals surface area contributed by atoms with Gasteiger partial charge >= 0.3 is 6.61 Å². The number of nitrogens with two attached hydrogens (primary N) is 1. The van der Waals surface area contributed by atoms with Crippen LogP contribution in [0.15, 0.2) is 53.5 Å². The number of hydrogen-bond donors (Lipinski definition) is 1. The van der Waals surface area contributed by atoms with E-state index in [1.807, 2.05) is 0 Å². The van der Waals surface area contributed by atoms with E-state index in [0.29, 0.717) is 11.1 Å². The standard InChI is InChI=1S/C20H19F4N3O3/c1-27-17(28)20(26-19(27)25,12-5-7-14(8-6-12)30-18(23)24)13-3-2-4-15(11-13)29-10-9-16(21)22/h2-8,11,16,18H,9-10H2,1H3,(H2,25,26). The van der Waals surface area contributed by atoms with Gasteiger partial charge < -0.3 is 15.2 Å². The Hall–Kier alpha value is -3.30. The number of aliphatic imine (C=N–C) groups is 1. The summed E-state index contributed by atoms with van der Waals surface area (Å²) in [6.45, 7) is -3.19. The second-order valence-electron chi connectivity index (χ2n) is 6.50. The van der Waals surface area contributed by atoms with Gasteiger partial charge in [-0.25, -0.2) is 13.8 Å². The van der Waals surface area contributed by atoms with Gasteiger partial charge in [-0.15, -0.1) is 0 Å². The first-order valence-corrected chi connectivity index (χ1v) is 8.94. The van der Waals surface area contributed by atoms with Crippen LogP contribution in [-0.2, 0) is 10.3 Å². The molecule has 6 nitrogen and oxygen atoms in total. The van der Waals surface area contributed by atoms with Gasteiger partial charge in [-0.2, -0.15) is 8.78 Å². The van der Waals surface area contributed by atoms with E-state index in [1.165, 1.54) is 42.3 Å². The largest absolute Gasteiger partial charge is 0.493 e. The van der Waals surface area contributed by atoms with Gasteiger partial charge in [0.05, 0.1) is 6.61 Å². The topological polar surface area (TPSA) is 77.2 Å². The maximum Gasteiger partial charge on any atom is 0.387 e. The molecule has 2 aromatic rings. The van der Waals surface area contributed by atoms with Crippen molar-refractivity contribution in [3.05, 3.63) is 59.7 Å². The molecule has 1 aliphatic rings. The van der Waals surface area contributed by atoms with Crippen LogP contribution in [0.3, 0.4) is 0 Å². The van der Waals surface area contributed by atoms with Crippen LogP contribution in [0.4, 0.5) is 17.6 Å². The average molecular weight is 425 g/mol. The number of carbonyl (C=O) groups is 1. The van der Waals surface area contributed by atoms with E-state index in [1.54, 1.807) is 18.2 Å². The van der Waals surface area contributed by atoms with Crippen LogP contribution in [0, 0.1) is 0 Å². The summed E-state index contributed by atoms with van der Waals surface area (Å²) in [6, 6.07) is 11.8. The molecule has 2 aromatic carbocycles. The molecule has 0 saturated heterocycles. The number of nitrogens with zero attached hydrogens (tertiary/aromatic N) is 2. The lowest BCUT2D eigenvalue weighted by molar-refractivity contribution is -0.129. The molecule has 2 N–H and O–H groups in total. The van der Waals surface area contributed by atoms with E-state index in [4.69, 9.17) is 10.5 Å². The lowest BCUT2D eigenvalue weighted by Gasteiger charge is -2.26. The second-order valence-corrected chi connectivity index (χ2v) is 6.50. The number of guanidine groups is 1. The molecule has 1 aliphatic heterocycles. The predicted octanol–water partition coefficient (Wildman–Crippen LogP) is 3.35. The van der Waals surface area contributed by atoms with Gasteiger partial charge in [0.25, 0.3) is 5.91 Å². The van der Waals surface area contributed by atoms with Crippen molar-refractivity contribution in [3.8, 4) is 11.5 Å². The number of amides is 1. The third-order valence-corrected chi connectivity index (χ3v) is 4.59. The van der Waals surface area contributed by atoms with Crippen molar-refractivity contribution in [3.63, 3.8) is 0 Å². The molecule has 0 fully saturated rings. The highest BCUT2D eigenvalue weighted by atomic mass is 19.3. The Morgan fingerprint density at radius 1 is 1.07 bits per heavy atom. The molecule has 1 amide bonds. The molecule has 10 heteroatoms. The average Bonchev–Trinajstić information content (AvgIpc) is 2.93. The molecule has 160 valence electrons. The van der Waals surface area contributed by atoms with Crippen molar-refractivity contribution in [1.29, 1.82) is 0 Å². The molecule has 0 saturated carbocycles. The first kappa shape index (κ1) is 21.4. The highest BCUT2D eigenvalue weighted by Crippen LogP contribution is 2.40. The van der Waals surface area contributed by atoms with Gasteiger partial charge in [-0.05, 0) is 35.4 Å². The summed E-state index contributed by atoms with van der Waals surface area (Å²) in [4.78, 5) is 18.7. The molecule has 0 aromatic heterocycles. The smallest absolute Gasteiger partial charge is 0.387 e. The van der Waals surface area contributed by atoms with Crippen LogP contribution in [0.1, 0.15) is 17.5 Å². The van der Waals surface area contributed by atoms with Gasteiger partial charge in [0.15, 0.2) is 11.5 Å². The number of rotatable bonds is 8. The fourth-order valence-corrected chi connectivity index (χ4v) is 3.14. The lowest BCUT2D eigenvalue weighted by atomic mass is 9.82. The first-order valence-electron chi connectivity index (χ1n) is 8.94. The van der Waals surface area contributed by atoms with Crippen molar-refractivity contribution >= 4 is 11.9 Å². The molecule has 0 aliphatic carbocycles. The number of likely N-dealkylation sites (N-methyl/N-ethyl adjacent to an activating group) is 1. The minimum atomic E-state index is -2.99. The Morgan fingerprint density at radius 2 is 1.77 bits per heavy atom. The van der Waals surface area contributed by atoms with Gasteiger partial charge in [0, 0.05) is 13.5 Å². The molecule has 30 heavy (non-hydrogen) atoms. The lowest BCUT2D eigenvalue weighted by Crippen LogP contribution is -2.41. The fraction of sp³-hybridized carbons (Fsp3) is 0.300. The van der Waals surface area contributed by atoms with Gasteiger partial charge in [-0.3, -0.25) is 9.69 Å². The number of alkyl halides is 4. The second kappa shape index (κ2) is 8.60. The van der Waals surface area contributed by atoms with Crippen LogP contribution in [0.25, 0.3) is 0 Å². The maximum absolute atomic E-state index is 13.2. The summed E-state index contributed by atoms with van der Waals surface area (Å²) >= 11 is 0. The zero-order valence-electron chi connectivity index (χ0n) is 15.9. The van der Waals surface area contributed by atoms with E-state index < -0.39 is 30.9 Å². The van der Waals surface area contributed by atoms with Gasteiger partial charge in [0.2, 0.25) is 6.43 Å². The summed E-state index contributed by atoms with van der Waals surface area (Å²) in [7, 11) is 1.46. The molecule has 0 spiro atoms. The first-order chi connectivity index (χ1) is 14.2. The Balaban J connectivity index is 2.02. The van der Waals surface area contributed by atoms with Crippen LogP contribution in [-0.4, -0.2) is 43.5 Å². The zero-order chi connectivity index (χ0) is 21.9. The molecule has 1 unspecified atom stereocenters. The van der Waals surface area contributed by atoms with Crippen molar-refractivity contribution in [1.82, 2.24) is 4.90 Å². The zero-order valence-corrected chi connectivity index (χ0v) is 15.9. The molecule has 3 rings (SSSR count). The van der Waals surface area contributed by atoms with Crippen LogP contribution >= 0.6 is 0 Å². The van der Waals surface area contributed by atoms with Crippen molar-refractivity contribution < 1.29 is 31.8 Å². The number of ether oxygens (including phenoxy) is 2. The maximum atomic E-state index is 13.2. The van der Waals surface area contributed by atoms with E-state index >= 15 is 0 Å². The van der Waals surface area contributed by atoms with E-state index in [9.17, 15) is 22.4 Å². The van der Waals surface area contributed by atoms with Crippen molar-refractivity contribution in [2.24, 2.45) is 10.7 Å². The van der Waals surface area contributed by atoms with Gasteiger partial charge in [-0.1, -0.05) is 24.3 Å². The summed E-state index contributed by atoms with van der Waals surface area (Å²) in [5.74, 6) is -0.297. The molecule has 0 bridgehead atoms. The summed E-state index contributed by atoms with van der Waals surface area (Å²) in [6.07, 6.45) is -2.93. The summed E-state index contributed by atoms with van der Waals surface area (Å²) < 4.78 is 59.3. The quantitative estimate of drug-likeness (QED) is 0.658. The number of halogens is 4. The SMILES string of the molecule is CN1C(=O)C(c2ccc(OC(F)F)cc2)(c2cccc(OCCC(F)F)c2)N=C1N. The number of carbonyl (C=O) groups excluding carboxylic acids is 1. The minimum Gasteiger partial charge on any atom is -0.493 e. The van der Waals surface area contributed by atoms with E-state index in [0.717, 1.165) is 0 Å². The Morgan fingerprint density at radius 3 is 2.33 bits per heavy atom. The molecular weight excluding hydrogens is 406 g/mol. The third-order valence-electron chi connectivity index (χ3n) is 4.59. The third kappa shape index (κ3) is 4.17. The molecule has 1 atom stereocenters. The van der Waals surface area contributed by atoms with Crippen LogP contribution in [0.5, 0.6) is 11.5 Å². The molecule has 0 radical (unpaired) electrons. The fourth-order valence-electron chi connectivity index (χ4n) is 3.14. The molecular formula is C20H19F4N3O3. The highest BCUT2D eigenvalue weighted by molar-refractivity contribution is 6.08. The number of hydrogen-bond acceptors (Lipinski definition) is 5. The predicted molar refractivity (Wildman–Crippen MR) is 101 cm³/mol. The highest BCUT2D eigenvalue weighted by Gasteiger charge is 2.49. The van der Waals surface area contributed by atoms with Gasteiger partial charge in [0.1, 0.15) is 11.5 Å². The Bertz CT molecular complexity index is 937. The van der Waals surface area contributed by atoms with E-state index in [-0.39, 0.29) is 24.1 Å². The summed E-state index contributed by atoms with van der Waals surface area (Å²) in [5.41, 5.74) is 5.06. The van der Waals surface area contributed by atoms with Crippen LogP contribution in [0.2, 0.25) is 0 Å². The van der Waals surface area contributed by atoms with Crippen LogP contribution < -0.4 is 15.2 Å². The minimum absolute atomic E-state index is 0.0306. The summed E-state index contributed by atoms with van der Waals surface area (Å²) in [5, 5.41) is 0. The van der Waals surface area contributed by atoms with Crippen molar-refractivity contribution in [2.45, 2.75) is 25.0 Å². The van der Waals surface area contributed by atoms with E-state index in [2.05, 4.69) is 9.73 Å². The Kier molecular flexibility index (Phi) is 6.14. The van der Waals surface area contributed by atoms with Crippen molar-refractivity contribution in [2.75, 3.05) is 13.7 Å². The monoisotopic (exact) mass is 425 g/mol. The Labute approximate surface area is 169 Å².